The highest BCUT2D eigenvalue weighted by molar-refractivity contribution is 5.94. The third kappa shape index (κ3) is 2.36. The maximum absolute atomic E-state index is 12.3. The molecule has 0 bridgehead atoms. The number of hydrogen-bond donors (Lipinski definition) is 0. The molecule has 1 unspecified atom stereocenters. The first-order valence-corrected chi connectivity index (χ1v) is 6.13. The summed E-state index contributed by atoms with van der Waals surface area (Å²) >= 11 is 0. The second kappa shape index (κ2) is 5.32. The van der Waals surface area contributed by atoms with Crippen LogP contribution in [0.2, 0.25) is 0 Å². The summed E-state index contributed by atoms with van der Waals surface area (Å²) < 4.78 is 5.90. The minimum absolute atomic E-state index is 0.142. The summed E-state index contributed by atoms with van der Waals surface area (Å²) in [5.41, 5.74) is 0.238. The summed E-state index contributed by atoms with van der Waals surface area (Å²) in [5.74, 6) is -1.11. The van der Waals surface area contributed by atoms with Gasteiger partial charge in [0.05, 0.1) is 20.1 Å². The standard InChI is InChI=1S/C12H15N3O5/c1-13-9(3-4-10(13)15(18)19)11(16)14-6-5-8(7-14)12(17)20-2/h3-4,8H,5-7H2,1-2H3. The summed E-state index contributed by atoms with van der Waals surface area (Å²) in [7, 11) is 2.78. The summed E-state index contributed by atoms with van der Waals surface area (Å²) in [6, 6.07) is 2.72. The Morgan fingerprint density at radius 2 is 2.15 bits per heavy atom. The van der Waals surface area contributed by atoms with Crippen LogP contribution in [0.4, 0.5) is 5.82 Å². The van der Waals surface area contributed by atoms with E-state index in [2.05, 4.69) is 4.74 Å². The van der Waals surface area contributed by atoms with Crippen molar-refractivity contribution in [3.05, 3.63) is 27.9 Å². The molecule has 1 aliphatic rings. The molecule has 1 aliphatic heterocycles. The Labute approximate surface area is 115 Å². The highest BCUT2D eigenvalue weighted by Gasteiger charge is 2.34. The van der Waals surface area contributed by atoms with Crippen LogP contribution in [0, 0.1) is 16.0 Å². The fraction of sp³-hybridized carbons (Fsp3) is 0.500. The molecular formula is C12H15N3O5. The molecule has 1 saturated heterocycles. The molecule has 2 heterocycles. The molecule has 1 aromatic rings. The average Bonchev–Trinajstić information content (AvgIpc) is 3.03. The van der Waals surface area contributed by atoms with Gasteiger partial charge in [-0.25, -0.2) is 4.57 Å². The van der Waals surface area contributed by atoms with E-state index >= 15 is 0 Å². The second-order valence-electron chi connectivity index (χ2n) is 4.65. The van der Waals surface area contributed by atoms with Crippen molar-refractivity contribution >= 4 is 17.7 Å². The van der Waals surface area contributed by atoms with Crippen LogP contribution < -0.4 is 0 Å². The van der Waals surface area contributed by atoms with Crippen molar-refractivity contribution in [3.8, 4) is 0 Å². The number of amides is 1. The van der Waals surface area contributed by atoms with Crippen LogP contribution in [0.3, 0.4) is 0 Å². The first-order chi connectivity index (χ1) is 9.45. The Morgan fingerprint density at radius 3 is 2.70 bits per heavy atom. The Kier molecular flexibility index (Phi) is 3.73. The van der Waals surface area contributed by atoms with E-state index in [0.717, 1.165) is 0 Å². The Balaban J connectivity index is 2.13. The molecule has 1 amide bonds. The number of hydrogen-bond acceptors (Lipinski definition) is 5. The van der Waals surface area contributed by atoms with E-state index in [1.807, 2.05) is 0 Å². The van der Waals surface area contributed by atoms with Crippen molar-refractivity contribution in [3.63, 3.8) is 0 Å². The molecule has 0 radical (unpaired) electrons. The fourth-order valence-electron chi connectivity index (χ4n) is 2.36. The topological polar surface area (TPSA) is 94.7 Å². The zero-order valence-electron chi connectivity index (χ0n) is 11.2. The summed E-state index contributed by atoms with van der Waals surface area (Å²) in [5, 5.41) is 10.8. The van der Waals surface area contributed by atoms with Gasteiger partial charge in [-0.1, -0.05) is 0 Å². The van der Waals surface area contributed by atoms with Crippen LogP contribution in [-0.2, 0) is 16.6 Å². The van der Waals surface area contributed by atoms with E-state index in [4.69, 9.17) is 0 Å². The number of nitrogens with zero attached hydrogens (tertiary/aromatic N) is 3. The molecule has 8 nitrogen and oxygen atoms in total. The van der Waals surface area contributed by atoms with E-state index in [-0.39, 0.29) is 35.9 Å². The number of carbonyl (C=O) groups excluding carboxylic acids is 2. The summed E-state index contributed by atoms with van der Waals surface area (Å²) in [6.07, 6.45) is 0.547. The first-order valence-electron chi connectivity index (χ1n) is 6.13. The number of rotatable bonds is 3. The van der Waals surface area contributed by atoms with E-state index in [0.29, 0.717) is 13.0 Å². The highest BCUT2D eigenvalue weighted by Crippen LogP contribution is 2.22. The number of carbonyl (C=O) groups is 2. The van der Waals surface area contributed by atoms with Gasteiger partial charge in [0.1, 0.15) is 0 Å². The molecule has 0 aromatic carbocycles. The number of nitro groups is 1. The van der Waals surface area contributed by atoms with Gasteiger partial charge < -0.3 is 19.8 Å². The largest absolute Gasteiger partial charge is 0.469 e. The first kappa shape index (κ1) is 14.0. The molecule has 0 aliphatic carbocycles. The van der Waals surface area contributed by atoms with Crippen LogP contribution in [0.25, 0.3) is 0 Å². The van der Waals surface area contributed by atoms with Gasteiger partial charge >= 0.3 is 11.8 Å². The van der Waals surface area contributed by atoms with Crippen LogP contribution in [0.1, 0.15) is 16.9 Å². The number of methoxy groups -OCH3 is 1. The maximum Gasteiger partial charge on any atom is 0.323 e. The van der Waals surface area contributed by atoms with Crippen LogP contribution in [-0.4, -0.2) is 46.5 Å². The Hall–Kier alpha value is -2.38. The van der Waals surface area contributed by atoms with E-state index in [9.17, 15) is 19.7 Å². The van der Waals surface area contributed by atoms with Gasteiger partial charge in [-0.05, 0) is 17.4 Å². The lowest BCUT2D eigenvalue weighted by Gasteiger charge is -2.14. The minimum Gasteiger partial charge on any atom is -0.469 e. The summed E-state index contributed by atoms with van der Waals surface area (Å²) in [6.45, 7) is 0.724. The van der Waals surface area contributed by atoms with Crippen molar-refractivity contribution in [1.82, 2.24) is 9.47 Å². The molecule has 0 N–H and O–H groups in total. The quantitative estimate of drug-likeness (QED) is 0.458. The number of aromatic nitrogens is 1. The smallest absolute Gasteiger partial charge is 0.323 e. The van der Waals surface area contributed by atoms with Crippen LogP contribution in [0.15, 0.2) is 12.1 Å². The van der Waals surface area contributed by atoms with Gasteiger partial charge in [0.15, 0.2) is 5.69 Å². The monoisotopic (exact) mass is 281 g/mol. The van der Waals surface area contributed by atoms with Crippen LogP contribution >= 0.6 is 0 Å². The minimum atomic E-state index is -0.544. The predicted octanol–water partition coefficient (Wildman–Crippen LogP) is 0.568. The molecule has 1 aromatic heterocycles. The van der Waals surface area contributed by atoms with Crippen molar-refractivity contribution in [1.29, 1.82) is 0 Å². The normalized spacial score (nSPS) is 18.1. The highest BCUT2D eigenvalue weighted by atomic mass is 16.6. The van der Waals surface area contributed by atoms with Gasteiger partial charge in [0.2, 0.25) is 0 Å². The van der Waals surface area contributed by atoms with E-state index < -0.39 is 4.92 Å². The second-order valence-corrected chi connectivity index (χ2v) is 4.65. The van der Waals surface area contributed by atoms with Gasteiger partial charge in [-0.15, -0.1) is 0 Å². The van der Waals surface area contributed by atoms with Crippen molar-refractivity contribution < 1.29 is 19.2 Å². The number of esters is 1. The van der Waals surface area contributed by atoms with Gasteiger partial charge in [-0.2, -0.15) is 0 Å². The van der Waals surface area contributed by atoms with Gasteiger partial charge in [0, 0.05) is 19.2 Å². The van der Waals surface area contributed by atoms with E-state index in [1.165, 1.54) is 35.8 Å². The van der Waals surface area contributed by atoms with Gasteiger partial charge in [0.25, 0.3) is 5.91 Å². The van der Waals surface area contributed by atoms with Crippen LogP contribution in [0.5, 0.6) is 0 Å². The molecular weight excluding hydrogens is 266 g/mol. The third-order valence-corrected chi connectivity index (χ3v) is 3.51. The molecule has 108 valence electrons. The number of likely N-dealkylation sites (tertiary alicyclic amines) is 1. The fourth-order valence-corrected chi connectivity index (χ4v) is 2.36. The van der Waals surface area contributed by atoms with Crippen molar-refractivity contribution in [2.45, 2.75) is 6.42 Å². The molecule has 20 heavy (non-hydrogen) atoms. The molecule has 2 rings (SSSR count). The third-order valence-electron chi connectivity index (χ3n) is 3.51. The lowest BCUT2D eigenvalue weighted by Crippen LogP contribution is -2.31. The SMILES string of the molecule is COC(=O)C1CCN(C(=O)c2ccc([N+](=O)[O-])n2C)C1. The lowest BCUT2D eigenvalue weighted by atomic mass is 10.1. The Morgan fingerprint density at radius 1 is 1.45 bits per heavy atom. The summed E-state index contributed by atoms with van der Waals surface area (Å²) in [4.78, 5) is 35.4. The maximum atomic E-state index is 12.3. The van der Waals surface area contributed by atoms with Gasteiger partial charge in [-0.3, -0.25) is 9.59 Å². The Bertz CT molecular complexity index is 565. The molecule has 0 spiro atoms. The predicted molar refractivity (Wildman–Crippen MR) is 68.1 cm³/mol. The molecule has 1 fully saturated rings. The molecule has 1 atom stereocenters. The average molecular weight is 281 g/mol. The number of ether oxygens (including phenoxy) is 1. The van der Waals surface area contributed by atoms with E-state index in [1.54, 1.807) is 0 Å². The molecule has 8 heteroatoms. The molecule has 0 saturated carbocycles. The zero-order valence-corrected chi connectivity index (χ0v) is 11.2. The lowest BCUT2D eigenvalue weighted by molar-refractivity contribution is -0.391. The van der Waals surface area contributed by atoms with Crippen molar-refractivity contribution in [2.24, 2.45) is 13.0 Å². The van der Waals surface area contributed by atoms with Crippen molar-refractivity contribution in [2.75, 3.05) is 20.2 Å². The zero-order chi connectivity index (χ0) is 14.9.